The molecule has 4 nitrogen and oxygen atoms in total. The lowest BCUT2D eigenvalue weighted by Crippen LogP contribution is -2.36. The van der Waals surface area contributed by atoms with Crippen LogP contribution < -0.4 is 10.1 Å². The minimum absolute atomic E-state index is 0.117. The van der Waals surface area contributed by atoms with E-state index in [4.69, 9.17) is 9.15 Å². The number of aliphatic hydroxyl groups excluding tert-OH is 1. The van der Waals surface area contributed by atoms with E-state index in [9.17, 15) is 5.11 Å². The molecule has 0 fully saturated rings. The second kappa shape index (κ2) is 5.85. The van der Waals surface area contributed by atoms with Crippen LogP contribution in [0, 0.1) is 5.41 Å². The Kier molecular flexibility index (Phi) is 4.35. The lowest BCUT2D eigenvalue weighted by molar-refractivity contribution is 0.0624. The molecule has 1 aromatic carbocycles. The van der Waals surface area contributed by atoms with Crippen molar-refractivity contribution in [2.24, 2.45) is 5.41 Å². The van der Waals surface area contributed by atoms with E-state index in [0.29, 0.717) is 13.1 Å². The number of hydrogen-bond donors (Lipinski definition) is 2. The molecule has 4 heteroatoms. The summed E-state index contributed by atoms with van der Waals surface area (Å²) in [7, 11) is 1.65. The van der Waals surface area contributed by atoms with Crippen LogP contribution in [0.2, 0.25) is 0 Å². The van der Waals surface area contributed by atoms with Gasteiger partial charge in [0.25, 0.3) is 0 Å². The van der Waals surface area contributed by atoms with E-state index < -0.39 is 0 Å². The summed E-state index contributed by atoms with van der Waals surface area (Å²) in [6.45, 7) is 7.21. The summed E-state index contributed by atoms with van der Waals surface area (Å²) < 4.78 is 10.9. The molecule has 0 amide bonds. The van der Waals surface area contributed by atoms with E-state index in [0.717, 1.165) is 22.5 Å². The molecule has 2 aromatic rings. The fourth-order valence-corrected chi connectivity index (χ4v) is 1.93. The molecule has 110 valence electrons. The maximum atomic E-state index is 9.96. The highest BCUT2D eigenvalue weighted by Crippen LogP contribution is 2.24. The molecular weight excluding hydrogens is 254 g/mol. The monoisotopic (exact) mass is 277 g/mol. The van der Waals surface area contributed by atoms with E-state index in [2.05, 4.69) is 5.32 Å². The van der Waals surface area contributed by atoms with Gasteiger partial charge in [-0.25, -0.2) is 0 Å². The van der Waals surface area contributed by atoms with Crippen molar-refractivity contribution in [2.45, 2.75) is 33.4 Å². The summed E-state index contributed by atoms with van der Waals surface area (Å²) in [5, 5.41) is 14.2. The highest BCUT2D eigenvalue weighted by Gasteiger charge is 2.21. The predicted molar refractivity (Wildman–Crippen MR) is 79.9 cm³/mol. The highest BCUT2D eigenvalue weighted by atomic mass is 16.5. The normalized spacial score (nSPS) is 13.7. The summed E-state index contributed by atoms with van der Waals surface area (Å²) >= 11 is 0. The number of aliphatic hydroxyl groups is 1. The van der Waals surface area contributed by atoms with Crippen LogP contribution in [0.4, 0.5) is 0 Å². The number of nitrogens with one attached hydrogen (secondary N) is 1. The van der Waals surface area contributed by atoms with E-state index >= 15 is 0 Å². The topological polar surface area (TPSA) is 54.6 Å². The lowest BCUT2D eigenvalue weighted by atomic mass is 9.89. The van der Waals surface area contributed by atoms with Crippen molar-refractivity contribution >= 4 is 11.0 Å². The van der Waals surface area contributed by atoms with Gasteiger partial charge in [0.1, 0.15) is 17.1 Å². The van der Waals surface area contributed by atoms with Gasteiger partial charge in [0.15, 0.2) is 0 Å². The van der Waals surface area contributed by atoms with E-state index in [1.54, 1.807) is 7.11 Å². The standard InChI is InChI=1S/C16H23NO3/c1-16(2,3)15(18)10-17-9-13-8-11-7-12(19-4)5-6-14(11)20-13/h5-8,15,17-18H,9-10H2,1-4H3. The molecule has 0 saturated carbocycles. The zero-order valence-electron chi connectivity index (χ0n) is 12.6. The molecule has 0 aliphatic rings. The summed E-state index contributed by atoms with van der Waals surface area (Å²) in [5.41, 5.74) is 0.729. The predicted octanol–water partition coefficient (Wildman–Crippen LogP) is 2.94. The highest BCUT2D eigenvalue weighted by molar-refractivity contribution is 5.79. The second-order valence-corrected chi connectivity index (χ2v) is 6.13. The molecule has 0 spiro atoms. The minimum atomic E-state index is -0.382. The Balaban J connectivity index is 1.97. The first-order valence-electron chi connectivity index (χ1n) is 6.85. The first kappa shape index (κ1) is 14.9. The molecule has 0 saturated heterocycles. The summed E-state index contributed by atoms with van der Waals surface area (Å²) in [6, 6.07) is 7.73. The molecule has 2 N–H and O–H groups in total. The van der Waals surface area contributed by atoms with Gasteiger partial charge in [0, 0.05) is 11.9 Å². The molecule has 1 aromatic heterocycles. The van der Waals surface area contributed by atoms with Gasteiger partial charge in [-0.3, -0.25) is 0 Å². The van der Waals surface area contributed by atoms with Gasteiger partial charge in [0.2, 0.25) is 0 Å². The third-order valence-corrected chi connectivity index (χ3v) is 3.41. The van der Waals surface area contributed by atoms with Crippen LogP contribution in [0.5, 0.6) is 5.75 Å². The Morgan fingerprint density at radius 3 is 2.70 bits per heavy atom. The largest absolute Gasteiger partial charge is 0.497 e. The van der Waals surface area contributed by atoms with Crippen LogP contribution in [0.1, 0.15) is 26.5 Å². The van der Waals surface area contributed by atoms with Crippen molar-refractivity contribution < 1.29 is 14.3 Å². The van der Waals surface area contributed by atoms with Gasteiger partial charge in [0.05, 0.1) is 19.8 Å². The smallest absolute Gasteiger partial charge is 0.134 e. The Bertz CT molecular complexity index is 569. The van der Waals surface area contributed by atoms with Crippen LogP contribution >= 0.6 is 0 Å². The van der Waals surface area contributed by atoms with E-state index in [1.165, 1.54) is 0 Å². The van der Waals surface area contributed by atoms with Crippen LogP contribution in [0.25, 0.3) is 11.0 Å². The van der Waals surface area contributed by atoms with E-state index in [-0.39, 0.29) is 11.5 Å². The molecule has 0 aliphatic carbocycles. The van der Waals surface area contributed by atoms with Crippen LogP contribution in [-0.2, 0) is 6.54 Å². The molecule has 0 aliphatic heterocycles. The van der Waals surface area contributed by atoms with Crippen LogP contribution in [0.15, 0.2) is 28.7 Å². The van der Waals surface area contributed by atoms with E-state index in [1.807, 2.05) is 45.0 Å². The van der Waals surface area contributed by atoms with Gasteiger partial charge in [-0.2, -0.15) is 0 Å². The maximum Gasteiger partial charge on any atom is 0.134 e. The number of rotatable bonds is 5. The summed E-state index contributed by atoms with van der Waals surface area (Å²) in [6.07, 6.45) is -0.382. The third kappa shape index (κ3) is 3.52. The minimum Gasteiger partial charge on any atom is -0.497 e. The van der Waals surface area contributed by atoms with Crippen LogP contribution in [-0.4, -0.2) is 24.9 Å². The number of methoxy groups -OCH3 is 1. The number of benzene rings is 1. The number of fused-ring (bicyclic) bond motifs is 1. The van der Waals surface area contributed by atoms with Gasteiger partial charge < -0.3 is 19.6 Å². The molecule has 1 heterocycles. The van der Waals surface area contributed by atoms with Crippen molar-refractivity contribution in [2.75, 3.05) is 13.7 Å². The van der Waals surface area contributed by atoms with Gasteiger partial charge in [-0.15, -0.1) is 0 Å². The SMILES string of the molecule is COc1ccc2oc(CNCC(O)C(C)(C)C)cc2c1. The molecular formula is C16H23NO3. The summed E-state index contributed by atoms with van der Waals surface area (Å²) in [4.78, 5) is 0. The quantitative estimate of drug-likeness (QED) is 0.882. The molecule has 0 bridgehead atoms. The van der Waals surface area contributed by atoms with Crippen molar-refractivity contribution in [3.05, 3.63) is 30.0 Å². The zero-order valence-corrected chi connectivity index (χ0v) is 12.6. The molecule has 1 unspecified atom stereocenters. The van der Waals surface area contributed by atoms with Crippen molar-refractivity contribution in [3.63, 3.8) is 0 Å². The Hall–Kier alpha value is -1.52. The third-order valence-electron chi connectivity index (χ3n) is 3.41. The van der Waals surface area contributed by atoms with Crippen molar-refractivity contribution in [1.29, 1.82) is 0 Å². The molecule has 2 rings (SSSR count). The number of hydrogen-bond acceptors (Lipinski definition) is 4. The Morgan fingerprint density at radius 2 is 2.05 bits per heavy atom. The van der Waals surface area contributed by atoms with Gasteiger partial charge >= 0.3 is 0 Å². The Labute approximate surface area is 119 Å². The zero-order chi connectivity index (χ0) is 14.8. The fourth-order valence-electron chi connectivity index (χ4n) is 1.93. The van der Waals surface area contributed by atoms with Gasteiger partial charge in [-0.1, -0.05) is 20.8 Å². The Morgan fingerprint density at radius 1 is 1.30 bits per heavy atom. The molecule has 0 radical (unpaired) electrons. The van der Waals surface area contributed by atoms with Crippen molar-refractivity contribution in [3.8, 4) is 5.75 Å². The first-order valence-corrected chi connectivity index (χ1v) is 6.85. The van der Waals surface area contributed by atoms with Crippen molar-refractivity contribution in [1.82, 2.24) is 5.32 Å². The fraction of sp³-hybridized carbons (Fsp3) is 0.500. The molecule has 20 heavy (non-hydrogen) atoms. The maximum absolute atomic E-state index is 9.96. The van der Waals surface area contributed by atoms with Gasteiger partial charge in [-0.05, 0) is 29.7 Å². The van der Waals surface area contributed by atoms with Crippen LogP contribution in [0.3, 0.4) is 0 Å². The lowest BCUT2D eigenvalue weighted by Gasteiger charge is -2.25. The first-order chi connectivity index (χ1) is 9.40. The second-order valence-electron chi connectivity index (χ2n) is 6.13. The number of ether oxygens (including phenoxy) is 1. The number of furan rings is 1. The molecule has 1 atom stereocenters. The summed E-state index contributed by atoms with van der Waals surface area (Å²) in [5.74, 6) is 1.68. The average Bonchev–Trinajstić information content (AvgIpc) is 2.78. The average molecular weight is 277 g/mol.